The molecule has 0 saturated carbocycles. The first kappa shape index (κ1) is 12.9. The smallest absolute Gasteiger partial charge is 0.866 e. The van der Waals surface area contributed by atoms with Gasteiger partial charge in [0.2, 0.25) is 0 Å². The van der Waals surface area contributed by atoms with Gasteiger partial charge in [-0.3, -0.25) is 10.1 Å². The largest absolute Gasteiger partial charge is 1.00 e. The zero-order valence-electron chi connectivity index (χ0n) is 6.58. The Balaban J connectivity index is 0.00000144. The van der Waals surface area contributed by atoms with E-state index in [0.29, 0.717) is 12.1 Å². The van der Waals surface area contributed by atoms with E-state index in [2.05, 4.69) is 0 Å². The molecule has 0 spiro atoms. The maximum Gasteiger partial charge on any atom is 1.00 e. The maximum atomic E-state index is 12.4. The Hall–Kier alpha value is -0.0836. The van der Waals surface area contributed by atoms with Crippen molar-refractivity contribution in [3.05, 3.63) is 33.9 Å². The zero-order valence-corrected chi connectivity index (χ0v) is 9.71. The molecule has 64 valence electrons. The molecule has 0 unspecified atom stereocenters. The standard InChI is InChI=1S/C6H3F2NO3.K/c7-3-1-2-4(9(11)12)6(10)5(3)8;/h1-2,10H;/q;+1/p-1. The minimum Gasteiger partial charge on any atom is -0.866 e. The molecule has 0 aromatic heterocycles. The Kier molecular flexibility index (Phi) is 4.93. The molecule has 0 saturated heterocycles. The fourth-order valence-electron chi connectivity index (χ4n) is 0.666. The Morgan fingerprint density at radius 1 is 1.31 bits per heavy atom. The zero-order chi connectivity index (χ0) is 9.30. The van der Waals surface area contributed by atoms with E-state index in [1.165, 1.54) is 0 Å². The fourth-order valence-corrected chi connectivity index (χ4v) is 0.666. The van der Waals surface area contributed by atoms with E-state index in [1.54, 1.807) is 0 Å². The van der Waals surface area contributed by atoms with Crippen LogP contribution >= 0.6 is 0 Å². The van der Waals surface area contributed by atoms with Gasteiger partial charge in [-0.1, -0.05) is 0 Å². The first-order valence-corrected chi connectivity index (χ1v) is 2.83. The van der Waals surface area contributed by atoms with Gasteiger partial charge in [0, 0.05) is 11.8 Å². The monoisotopic (exact) mass is 213 g/mol. The summed E-state index contributed by atoms with van der Waals surface area (Å²) in [7, 11) is 0. The number of nitro benzene ring substituents is 1. The van der Waals surface area contributed by atoms with Crippen LogP contribution in [-0.2, 0) is 0 Å². The second-order valence-electron chi connectivity index (χ2n) is 1.97. The molecule has 0 bridgehead atoms. The molecule has 0 fully saturated rings. The second kappa shape index (κ2) is 4.96. The van der Waals surface area contributed by atoms with E-state index in [0.717, 1.165) is 0 Å². The molecule has 0 atom stereocenters. The molecule has 1 rings (SSSR count). The third-order valence-electron chi connectivity index (χ3n) is 1.23. The van der Waals surface area contributed by atoms with Crippen molar-refractivity contribution in [3.8, 4) is 5.75 Å². The number of hydrogen-bond donors (Lipinski definition) is 0. The van der Waals surface area contributed by atoms with Gasteiger partial charge < -0.3 is 5.11 Å². The number of rotatable bonds is 1. The van der Waals surface area contributed by atoms with Crippen molar-refractivity contribution in [2.75, 3.05) is 0 Å². The van der Waals surface area contributed by atoms with E-state index in [1.807, 2.05) is 0 Å². The Bertz CT molecular complexity index is 345. The van der Waals surface area contributed by atoms with E-state index in [-0.39, 0.29) is 51.4 Å². The van der Waals surface area contributed by atoms with Crippen LogP contribution < -0.4 is 56.5 Å². The van der Waals surface area contributed by atoms with Crippen molar-refractivity contribution in [2.45, 2.75) is 0 Å². The van der Waals surface area contributed by atoms with E-state index < -0.39 is 28.0 Å². The summed E-state index contributed by atoms with van der Waals surface area (Å²) in [6.07, 6.45) is 0. The SMILES string of the molecule is O=[N+]([O-])c1ccc(F)c(F)c1[O-].[K+]. The van der Waals surface area contributed by atoms with Gasteiger partial charge >= 0.3 is 51.4 Å². The first-order valence-electron chi connectivity index (χ1n) is 2.83. The minimum absolute atomic E-state index is 0. The molecule has 13 heavy (non-hydrogen) atoms. The number of halogens is 2. The van der Waals surface area contributed by atoms with Gasteiger partial charge in [0.05, 0.1) is 4.92 Å². The topological polar surface area (TPSA) is 66.2 Å². The summed E-state index contributed by atoms with van der Waals surface area (Å²) in [6.45, 7) is 0. The summed E-state index contributed by atoms with van der Waals surface area (Å²) in [5.74, 6) is -4.63. The summed E-state index contributed by atoms with van der Waals surface area (Å²) >= 11 is 0. The summed E-state index contributed by atoms with van der Waals surface area (Å²) in [5.41, 5.74) is -0.964. The van der Waals surface area contributed by atoms with Gasteiger partial charge in [0.25, 0.3) is 5.69 Å². The molecule has 0 aliphatic carbocycles. The summed E-state index contributed by atoms with van der Waals surface area (Å²) in [4.78, 5) is 8.94. The van der Waals surface area contributed by atoms with Gasteiger partial charge in [0.1, 0.15) is 0 Å². The molecule has 0 amide bonds. The van der Waals surface area contributed by atoms with Crippen LogP contribution in [0.1, 0.15) is 0 Å². The van der Waals surface area contributed by atoms with Crippen LogP contribution in [0.2, 0.25) is 0 Å². The van der Waals surface area contributed by atoms with E-state index in [4.69, 9.17) is 0 Å². The minimum atomic E-state index is -1.72. The van der Waals surface area contributed by atoms with Crippen molar-refractivity contribution in [2.24, 2.45) is 0 Å². The summed E-state index contributed by atoms with van der Waals surface area (Å²) in [5, 5.41) is 20.6. The van der Waals surface area contributed by atoms with Gasteiger partial charge in [-0.05, 0) is 6.07 Å². The normalized spacial score (nSPS) is 9.08. The van der Waals surface area contributed by atoms with Gasteiger partial charge in [-0.25, -0.2) is 8.78 Å². The number of nitrogens with zero attached hydrogens (tertiary/aromatic N) is 1. The van der Waals surface area contributed by atoms with Crippen LogP contribution in [0.5, 0.6) is 5.75 Å². The van der Waals surface area contributed by atoms with Crippen LogP contribution in [0.25, 0.3) is 0 Å². The molecule has 1 aromatic rings. The molecule has 0 radical (unpaired) electrons. The number of hydrogen-bond acceptors (Lipinski definition) is 3. The van der Waals surface area contributed by atoms with Gasteiger partial charge in [0.15, 0.2) is 11.6 Å². The van der Waals surface area contributed by atoms with Gasteiger partial charge in [-0.2, -0.15) is 0 Å². The van der Waals surface area contributed by atoms with Crippen LogP contribution in [0, 0.1) is 21.7 Å². The number of nitro groups is 1. The quantitative estimate of drug-likeness (QED) is 0.306. The third-order valence-corrected chi connectivity index (χ3v) is 1.23. The molecule has 1 aromatic carbocycles. The van der Waals surface area contributed by atoms with Crippen molar-refractivity contribution in [1.29, 1.82) is 0 Å². The molecular formula is C6H2F2KNO3. The Morgan fingerprint density at radius 2 is 1.85 bits per heavy atom. The first-order chi connectivity index (χ1) is 5.54. The number of benzene rings is 1. The molecular weight excluding hydrogens is 211 g/mol. The van der Waals surface area contributed by atoms with E-state index in [9.17, 15) is 24.0 Å². The van der Waals surface area contributed by atoms with Crippen molar-refractivity contribution >= 4 is 5.69 Å². The average molecular weight is 213 g/mol. The van der Waals surface area contributed by atoms with Crippen LogP contribution in [-0.4, -0.2) is 4.92 Å². The average Bonchev–Trinajstić information content (AvgIpc) is 2.00. The van der Waals surface area contributed by atoms with Crippen LogP contribution in [0.3, 0.4) is 0 Å². The molecule has 0 aliphatic rings. The van der Waals surface area contributed by atoms with Crippen LogP contribution in [0.4, 0.5) is 14.5 Å². The molecule has 7 heteroatoms. The fraction of sp³-hybridized carbons (Fsp3) is 0. The summed E-state index contributed by atoms with van der Waals surface area (Å²) in [6, 6.07) is 1.16. The van der Waals surface area contributed by atoms with Crippen LogP contribution in [0.15, 0.2) is 12.1 Å². The molecule has 0 heterocycles. The predicted molar refractivity (Wildman–Crippen MR) is 32.5 cm³/mol. The maximum absolute atomic E-state index is 12.4. The van der Waals surface area contributed by atoms with Crippen molar-refractivity contribution in [3.63, 3.8) is 0 Å². The second-order valence-corrected chi connectivity index (χ2v) is 1.97. The third kappa shape index (κ3) is 2.68. The Morgan fingerprint density at radius 3 is 2.31 bits per heavy atom. The van der Waals surface area contributed by atoms with E-state index >= 15 is 0 Å². The molecule has 0 aliphatic heterocycles. The Labute approximate surface area is 114 Å². The van der Waals surface area contributed by atoms with Crippen molar-refractivity contribution < 1.29 is 70.2 Å². The van der Waals surface area contributed by atoms with Gasteiger partial charge in [-0.15, -0.1) is 0 Å². The molecule has 0 N–H and O–H groups in total. The van der Waals surface area contributed by atoms with Crippen molar-refractivity contribution in [1.82, 2.24) is 0 Å². The predicted octanol–water partition coefficient (Wildman–Crippen LogP) is -2.05. The summed E-state index contributed by atoms with van der Waals surface area (Å²) < 4.78 is 24.6. The molecule has 4 nitrogen and oxygen atoms in total.